The minimum Gasteiger partial charge on any atom is -0.427 e. The molecular weight excluding hydrogens is 276 g/mol. The lowest BCUT2D eigenvalue weighted by Gasteiger charge is -2.50. The number of esters is 1. The Hall–Kier alpha value is -2.41. The number of rotatable bonds is 4. The van der Waals surface area contributed by atoms with Crippen molar-refractivity contribution >= 4 is 17.8 Å². The minimum absolute atomic E-state index is 0.361. The van der Waals surface area contributed by atoms with Crippen LogP contribution in [0.5, 0.6) is 0 Å². The quantitative estimate of drug-likeness (QED) is 0.495. The van der Waals surface area contributed by atoms with E-state index in [9.17, 15) is 14.4 Å². The van der Waals surface area contributed by atoms with E-state index in [4.69, 9.17) is 9.57 Å². The summed E-state index contributed by atoms with van der Waals surface area (Å²) in [5.41, 5.74) is -1.37. The summed E-state index contributed by atoms with van der Waals surface area (Å²) >= 11 is 0. The molecule has 2 amide bonds. The summed E-state index contributed by atoms with van der Waals surface area (Å²) in [4.78, 5) is 40.5. The van der Waals surface area contributed by atoms with Crippen LogP contribution in [0.4, 0.5) is 0 Å². The number of carbonyl (C=O) groups is 3. The molecule has 0 spiro atoms. The number of hydrogen-bond acceptors (Lipinski definition) is 5. The number of nitrogens with zero attached hydrogens (tertiary/aromatic N) is 1. The average Bonchev–Trinajstić information content (AvgIpc) is 2.47. The van der Waals surface area contributed by atoms with Gasteiger partial charge in [0.1, 0.15) is 6.04 Å². The van der Waals surface area contributed by atoms with E-state index >= 15 is 0 Å². The van der Waals surface area contributed by atoms with Crippen molar-refractivity contribution in [3.63, 3.8) is 0 Å². The lowest BCUT2D eigenvalue weighted by molar-refractivity contribution is -0.275. The average molecular weight is 292 g/mol. The van der Waals surface area contributed by atoms with E-state index in [2.05, 4.69) is 5.32 Å². The van der Waals surface area contributed by atoms with E-state index in [1.807, 2.05) is 0 Å². The van der Waals surface area contributed by atoms with E-state index < -0.39 is 29.6 Å². The number of benzene rings is 1. The molecule has 1 aromatic carbocycles. The van der Waals surface area contributed by atoms with Crippen molar-refractivity contribution in [3.8, 4) is 0 Å². The Morgan fingerprint density at radius 1 is 1.29 bits per heavy atom. The third kappa shape index (κ3) is 2.47. The highest BCUT2D eigenvalue weighted by molar-refractivity contribution is 6.02. The van der Waals surface area contributed by atoms with Crippen molar-refractivity contribution < 1.29 is 24.0 Å². The Morgan fingerprint density at radius 3 is 2.38 bits per heavy atom. The van der Waals surface area contributed by atoms with Gasteiger partial charge in [0.15, 0.2) is 0 Å². The van der Waals surface area contributed by atoms with Gasteiger partial charge in [-0.1, -0.05) is 18.2 Å². The van der Waals surface area contributed by atoms with Crippen LogP contribution in [-0.4, -0.2) is 41.7 Å². The van der Waals surface area contributed by atoms with Crippen LogP contribution in [0, 0.1) is 0 Å². The van der Waals surface area contributed by atoms with E-state index in [1.165, 1.54) is 14.0 Å². The van der Waals surface area contributed by atoms with Crippen LogP contribution in [0.2, 0.25) is 0 Å². The maximum Gasteiger partial charge on any atom is 0.314 e. The first-order valence-electron chi connectivity index (χ1n) is 6.37. The van der Waals surface area contributed by atoms with Crippen LogP contribution in [0.25, 0.3) is 0 Å². The predicted molar refractivity (Wildman–Crippen MR) is 71.7 cm³/mol. The van der Waals surface area contributed by atoms with Crippen molar-refractivity contribution in [1.82, 2.24) is 10.4 Å². The highest BCUT2D eigenvalue weighted by atomic mass is 16.7. The molecule has 2 atom stereocenters. The zero-order valence-corrected chi connectivity index (χ0v) is 12.0. The molecule has 7 heteroatoms. The molecule has 112 valence electrons. The summed E-state index contributed by atoms with van der Waals surface area (Å²) in [6, 6.07) is 7.72. The highest BCUT2D eigenvalue weighted by Gasteiger charge is 2.64. The fourth-order valence-corrected chi connectivity index (χ4v) is 2.23. The fraction of sp³-hybridized carbons (Fsp3) is 0.357. The molecule has 1 saturated heterocycles. The zero-order valence-electron chi connectivity index (χ0n) is 12.0. The van der Waals surface area contributed by atoms with Gasteiger partial charge < -0.3 is 10.1 Å². The normalized spacial score (nSPS) is 24.2. The van der Waals surface area contributed by atoms with Gasteiger partial charge in [-0.2, -0.15) is 0 Å². The van der Waals surface area contributed by atoms with Crippen molar-refractivity contribution in [2.24, 2.45) is 0 Å². The Balaban J connectivity index is 2.25. The van der Waals surface area contributed by atoms with Gasteiger partial charge in [-0.3, -0.25) is 19.2 Å². The summed E-state index contributed by atoms with van der Waals surface area (Å²) in [6.07, 6.45) is 0. The van der Waals surface area contributed by atoms with Crippen LogP contribution in [0.15, 0.2) is 30.3 Å². The standard InChI is InChI=1S/C14H16N2O5/c1-9-14(21-10(2)17,13(19)16(9)20-3)15-12(18)11-7-5-4-6-8-11/h4-9H,1-3H3,(H,15,18). The summed E-state index contributed by atoms with van der Waals surface area (Å²) in [7, 11) is 1.32. The first-order valence-corrected chi connectivity index (χ1v) is 6.37. The van der Waals surface area contributed by atoms with Gasteiger partial charge in [-0.05, 0) is 19.1 Å². The molecule has 1 heterocycles. The third-order valence-electron chi connectivity index (χ3n) is 3.29. The molecule has 0 saturated carbocycles. The van der Waals surface area contributed by atoms with Crippen LogP contribution in [-0.2, 0) is 19.2 Å². The largest absolute Gasteiger partial charge is 0.427 e. The maximum atomic E-state index is 12.2. The predicted octanol–water partition coefficient (Wildman–Crippen LogP) is 0.468. The molecule has 0 aliphatic carbocycles. The molecule has 0 bridgehead atoms. The number of amides is 2. The van der Waals surface area contributed by atoms with Gasteiger partial charge in [0.05, 0.1) is 7.11 Å². The molecule has 1 N–H and O–H groups in total. The Bertz CT molecular complexity index is 574. The summed E-state index contributed by atoms with van der Waals surface area (Å²) in [5.74, 6) is -1.80. The van der Waals surface area contributed by atoms with Crippen LogP contribution >= 0.6 is 0 Å². The highest BCUT2D eigenvalue weighted by Crippen LogP contribution is 2.32. The number of hydroxylamine groups is 2. The smallest absolute Gasteiger partial charge is 0.314 e. The number of β-lactam (4-membered cyclic amide) rings is 1. The van der Waals surface area contributed by atoms with E-state index in [1.54, 1.807) is 37.3 Å². The van der Waals surface area contributed by atoms with Crippen molar-refractivity contribution in [2.75, 3.05) is 7.11 Å². The molecule has 1 aliphatic heterocycles. The topological polar surface area (TPSA) is 84.9 Å². The van der Waals surface area contributed by atoms with Crippen LogP contribution < -0.4 is 5.32 Å². The zero-order chi connectivity index (χ0) is 15.6. The van der Waals surface area contributed by atoms with Crippen molar-refractivity contribution in [3.05, 3.63) is 35.9 Å². The lowest BCUT2D eigenvalue weighted by Crippen LogP contribution is -2.80. The first-order chi connectivity index (χ1) is 9.92. The summed E-state index contributed by atoms with van der Waals surface area (Å²) in [5, 5.41) is 3.52. The van der Waals surface area contributed by atoms with Gasteiger partial charge in [0, 0.05) is 12.5 Å². The molecule has 1 aliphatic rings. The van der Waals surface area contributed by atoms with Gasteiger partial charge in [-0.15, -0.1) is 0 Å². The molecule has 21 heavy (non-hydrogen) atoms. The number of ether oxygens (including phenoxy) is 1. The van der Waals surface area contributed by atoms with Crippen molar-refractivity contribution in [1.29, 1.82) is 0 Å². The Kier molecular flexibility index (Phi) is 3.95. The molecule has 0 aromatic heterocycles. The van der Waals surface area contributed by atoms with Gasteiger partial charge >= 0.3 is 11.9 Å². The maximum absolute atomic E-state index is 12.2. The lowest BCUT2D eigenvalue weighted by atomic mass is 9.93. The summed E-state index contributed by atoms with van der Waals surface area (Å²) < 4.78 is 5.08. The van der Waals surface area contributed by atoms with Crippen LogP contribution in [0.1, 0.15) is 24.2 Å². The molecule has 2 rings (SSSR count). The summed E-state index contributed by atoms with van der Waals surface area (Å²) in [6.45, 7) is 2.78. The van der Waals surface area contributed by atoms with Crippen molar-refractivity contribution in [2.45, 2.75) is 25.6 Å². The van der Waals surface area contributed by atoms with E-state index in [0.717, 1.165) is 5.06 Å². The number of hydrogen-bond donors (Lipinski definition) is 1. The SMILES string of the molecule is CON1C(=O)C(NC(=O)c2ccccc2)(OC(C)=O)C1C. The number of nitrogens with one attached hydrogen (secondary N) is 1. The minimum atomic E-state index is -1.73. The molecule has 1 fully saturated rings. The molecule has 1 aromatic rings. The molecular formula is C14H16N2O5. The second-order valence-corrected chi connectivity index (χ2v) is 4.64. The second-order valence-electron chi connectivity index (χ2n) is 4.64. The molecule has 7 nitrogen and oxygen atoms in total. The van der Waals surface area contributed by atoms with E-state index in [-0.39, 0.29) is 0 Å². The van der Waals surface area contributed by atoms with Gasteiger partial charge in [0.25, 0.3) is 11.6 Å². The Morgan fingerprint density at radius 2 is 1.90 bits per heavy atom. The van der Waals surface area contributed by atoms with Crippen LogP contribution in [0.3, 0.4) is 0 Å². The first kappa shape index (κ1) is 15.0. The van der Waals surface area contributed by atoms with E-state index in [0.29, 0.717) is 5.56 Å². The fourth-order valence-electron chi connectivity index (χ4n) is 2.23. The number of carbonyl (C=O) groups excluding carboxylic acids is 3. The van der Waals surface area contributed by atoms with Gasteiger partial charge in [0.2, 0.25) is 0 Å². The monoisotopic (exact) mass is 292 g/mol. The second kappa shape index (κ2) is 5.53. The Labute approximate surface area is 121 Å². The molecule has 0 radical (unpaired) electrons. The molecule has 2 unspecified atom stereocenters. The third-order valence-corrected chi connectivity index (χ3v) is 3.29. The van der Waals surface area contributed by atoms with Gasteiger partial charge in [-0.25, -0.2) is 5.06 Å².